The molecule has 0 bridgehead atoms. The smallest absolute Gasteiger partial charge is 0.289 e. The molecule has 0 saturated heterocycles. The van der Waals surface area contributed by atoms with E-state index in [0.717, 1.165) is 6.92 Å². The Balaban J connectivity index is 5.12. The number of aliphatic hydroxyl groups is 2. The van der Waals surface area contributed by atoms with Crippen molar-refractivity contribution in [3.05, 3.63) is 0 Å². The Morgan fingerprint density at radius 2 is 2.00 bits per heavy atom. The molecule has 0 aliphatic rings. The minimum atomic E-state index is -4.54. The standard InChI is InChI=1S/C5H13NO5S/c1-4(8)5(3-7,6-2)12(9,10)11/h4,6-8H,3H2,1-2H3,(H,9,10,11). The first-order valence-electron chi connectivity index (χ1n) is 3.26. The van der Waals surface area contributed by atoms with Crippen molar-refractivity contribution in [1.82, 2.24) is 5.32 Å². The van der Waals surface area contributed by atoms with Crippen LogP contribution in [0.5, 0.6) is 0 Å². The van der Waals surface area contributed by atoms with E-state index >= 15 is 0 Å². The second kappa shape index (κ2) is 3.67. The van der Waals surface area contributed by atoms with Crippen molar-refractivity contribution < 1.29 is 23.2 Å². The van der Waals surface area contributed by atoms with Crippen LogP contribution in [0.2, 0.25) is 0 Å². The lowest BCUT2D eigenvalue weighted by Crippen LogP contribution is -2.60. The second-order valence-corrected chi connectivity index (χ2v) is 4.13. The zero-order chi connectivity index (χ0) is 9.99. The third-order valence-electron chi connectivity index (χ3n) is 1.79. The molecule has 0 aromatic heterocycles. The van der Waals surface area contributed by atoms with Gasteiger partial charge in [-0.3, -0.25) is 9.87 Å². The highest BCUT2D eigenvalue weighted by Gasteiger charge is 2.45. The number of nitrogens with one attached hydrogen (secondary N) is 1. The summed E-state index contributed by atoms with van der Waals surface area (Å²) in [4.78, 5) is -2.09. The molecule has 0 aliphatic carbocycles. The average molecular weight is 199 g/mol. The van der Waals surface area contributed by atoms with Crippen LogP contribution in [0.15, 0.2) is 0 Å². The van der Waals surface area contributed by atoms with Crippen LogP contribution >= 0.6 is 0 Å². The van der Waals surface area contributed by atoms with Gasteiger partial charge in [0.15, 0.2) is 4.87 Å². The third kappa shape index (κ3) is 1.75. The number of aliphatic hydroxyl groups excluding tert-OH is 2. The molecule has 7 heteroatoms. The molecule has 12 heavy (non-hydrogen) atoms. The van der Waals surface area contributed by atoms with Crippen LogP contribution in [-0.4, -0.2) is 47.8 Å². The fraction of sp³-hybridized carbons (Fsp3) is 1.00. The molecule has 0 aliphatic heterocycles. The molecule has 0 amide bonds. The number of hydrogen-bond acceptors (Lipinski definition) is 5. The zero-order valence-electron chi connectivity index (χ0n) is 6.85. The summed E-state index contributed by atoms with van der Waals surface area (Å²) in [6.07, 6.45) is -1.41. The van der Waals surface area contributed by atoms with Crippen molar-refractivity contribution in [3.8, 4) is 0 Å². The Kier molecular flexibility index (Phi) is 3.60. The summed E-state index contributed by atoms with van der Waals surface area (Å²) in [5.41, 5.74) is 0. The predicted octanol–water partition coefficient (Wildman–Crippen LogP) is -1.84. The normalized spacial score (nSPS) is 20.1. The highest BCUT2D eigenvalue weighted by atomic mass is 32.2. The van der Waals surface area contributed by atoms with Crippen LogP contribution in [0, 0.1) is 0 Å². The van der Waals surface area contributed by atoms with E-state index in [1.54, 1.807) is 0 Å². The van der Waals surface area contributed by atoms with E-state index in [4.69, 9.17) is 14.8 Å². The summed E-state index contributed by atoms with van der Waals surface area (Å²) in [5, 5.41) is 19.9. The summed E-state index contributed by atoms with van der Waals surface area (Å²) in [5.74, 6) is 0. The van der Waals surface area contributed by atoms with Crippen molar-refractivity contribution in [2.75, 3.05) is 13.7 Å². The molecule has 0 rings (SSSR count). The summed E-state index contributed by atoms with van der Waals surface area (Å²) in [6.45, 7) is 0.250. The molecule has 6 nitrogen and oxygen atoms in total. The van der Waals surface area contributed by atoms with Gasteiger partial charge in [-0.05, 0) is 14.0 Å². The highest BCUT2D eigenvalue weighted by molar-refractivity contribution is 7.87. The molecule has 0 heterocycles. The Morgan fingerprint density at radius 3 is 2.00 bits per heavy atom. The molecule has 2 unspecified atom stereocenters. The van der Waals surface area contributed by atoms with E-state index in [9.17, 15) is 8.42 Å². The lowest BCUT2D eigenvalue weighted by atomic mass is 10.2. The van der Waals surface area contributed by atoms with Crippen molar-refractivity contribution >= 4 is 10.1 Å². The maximum atomic E-state index is 10.7. The minimum absolute atomic E-state index is 0.903. The second-order valence-electron chi connectivity index (χ2n) is 2.45. The monoisotopic (exact) mass is 199 g/mol. The quantitative estimate of drug-likeness (QED) is 0.396. The Hall–Kier alpha value is -0.210. The van der Waals surface area contributed by atoms with Gasteiger partial charge in [0.1, 0.15) is 0 Å². The average Bonchev–Trinajstić information content (AvgIpc) is 1.87. The lowest BCUT2D eigenvalue weighted by Gasteiger charge is -2.30. The van der Waals surface area contributed by atoms with E-state index < -0.39 is 27.7 Å². The molecular formula is C5H13NO5S. The van der Waals surface area contributed by atoms with Crippen molar-refractivity contribution in [3.63, 3.8) is 0 Å². The zero-order valence-corrected chi connectivity index (χ0v) is 7.67. The van der Waals surface area contributed by atoms with Gasteiger partial charge < -0.3 is 10.2 Å². The topological polar surface area (TPSA) is 107 Å². The number of hydrogen-bond donors (Lipinski definition) is 4. The van der Waals surface area contributed by atoms with Gasteiger partial charge in [-0.2, -0.15) is 8.42 Å². The Morgan fingerprint density at radius 1 is 1.58 bits per heavy atom. The van der Waals surface area contributed by atoms with Gasteiger partial charge in [0.25, 0.3) is 10.1 Å². The van der Waals surface area contributed by atoms with Crippen LogP contribution in [0.25, 0.3) is 0 Å². The summed E-state index contributed by atoms with van der Waals surface area (Å²) in [6, 6.07) is 0. The summed E-state index contributed by atoms with van der Waals surface area (Å²) >= 11 is 0. The molecule has 0 aromatic carbocycles. The van der Waals surface area contributed by atoms with E-state index in [0.29, 0.717) is 0 Å². The molecular weight excluding hydrogens is 186 g/mol. The van der Waals surface area contributed by atoms with Gasteiger partial charge in [0, 0.05) is 0 Å². The van der Waals surface area contributed by atoms with Gasteiger partial charge in [-0.25, -0.2) is 0 Å². The molecule has 4 N–H and O–H groups in total. The van der Waals surface area contributed by atoms with Crippen LogP contribution in [0.1, 0.15) is 6.92 Å². The van der Waals surface area contributed by atoms with Gasteiger partial charge in [0.05, 0.1) is 12.7 Å². The Bertz CT molecular complexity index is 230. The van der Waals surface area contributed by atoms with E-state index in [-0.39, 0.29) is 0 Å². The largest absolute Gasteiger partial charge is 0.393 e. The summed E-state index contributed by atoms with van der Waals surface area (Å²) < 4.78 is 30.1. The van der Waals surface area contributed by atoms with Crippen LogP contribution in [-0.2, 0) is 10.1 Å². The maximum absolute atomic E-state index is 10.7. The predicted molar refractivity (Wildman–Crippen MR) is 42.1 cm³/mol. The third-order valence-corrected chi connectivity index (χ3v) is 3.39. The molecule has 0 aromatic rings. The fourth-order valence-corrected chi connectivity index (χ4v) is 1.70. The maximum Gasteiger partial charge on any atom is 0.289 e. The molecule has 0 saturated carbocycles. The summed E-state index contributed by atoms with van der Waals surface area (Å²) in [7, 11) is -3.32. The fourth-order valence-electron chi connectivity index (χ4n) is 0.846. The molecule has 0 spiro atoms. The van der Waals surface area contributed by atoms with Crippen LogP contribution < -0.4 is 5.32 Å². The van der Waals surface area contributed by atoms with Gasteiger partial charge in [-0.1, -0.05) is 0 Å². The first-order chi connectivity index (χ1) is 5.31. The van der Waals surface area contributed by atoms with E-state index in [1.165, 1.54) is 7.05 Å². The number of likely N-dealkylation sites (N-methyl/N-ethyl adjacent to an activating group) is 1. The molecule has 0 fully saturated rings. The van der Waals surface area contributed by atoms with Gasteiger partial charge in [-0.15, -0.1) is 0 Å². The van der Waals surface area contributed by atoms with Crippen LogP contribution in [0.4, 0.5) is 0 Å². The van der Waals surface area contributed by atoms with Crippen LogP contribution in [0.3, 0.4) is 0 Å². The number of rotatable bonds is 4. The molecule has 2 atom stereocenters. The minimum Gasteiger partial charge on any atom is -0.393 e. The van der Waals surface area contributed by atoms with E-state index in [1.807, 2.05) is 0 Å². The van der Waals surface area contributed by atoms with Crippen molar-refractivity contribution in [1.29, 1.82) is 0 Å². The highest BCUT2D eigenvalue weighted by Crippen LogP contribution is 2.16. The van der Waals surface area contributed by atoms with Crippen molar-refractivity contribution in [2.24, 2.45) is 0 Å². The van der Waals surface area contributed by atoms with E-state index in [2.05, 4.69) is 5.32 Å². The first kappa shape index (κ1) is 11.8. The lowest BCUT2D eigenvalue weighted by molar-refractivity contribution is 0.0779. The Labute approximate surface area is 71.0 Å². The van der Waals surface area contributed by atoms with Gasteiger partial charge in [0.2, 0.25) is 0 Å². The van der Waals surface area contributed by atoms with Gasteiger partial charge >= 0.3 is 0 Å². The van der Waals surface area contributed by atoms with Crippen molar-refractivity contribution in [2.45, 2.75) is 17.9 Å². The SMILES string of the molecule is CNC(CO)(C(C)O)S(=O)(=O)O. The first-order valence-corrected chi connectivity index (χ1v) is 4.70. The molecule has 0 radical (unpaired) electrons. The molecule has 74 valence electrons.